The Morgan fingerprint density at radius 3 is 2.58 bits per heavy atom. The summed E-state index contributed by atoms with van der Waals surface area (Å²) in [5.41, 5.74) is 0.871. The fourth-order valence-electron chi connectivity index (χ4n) is 1.93. The fourth-order valence-corrected chi connectivity index (χ4v) is 1.93. The van der Waals surface area contributed by atoms with E-state index in [4.69, 9.17) is 18.9 Å². The summed E-state index contributed by atoms with van der Waals surface area (Å²) >= 11 is 0. The van der Waals surface area contributed by atoms with Crippen LogP contribution in [0.4, 0.5) is 5.69 Å². The van der Waals surface area contributed by atoms with Gasteiger partial charge in [0.25, 0.3) is 0 Å². The first-order valence-corrected chi connectivity index (χ1v) is 8.18. The molecule has 0 bridgehead atoms. The Labute approximate surface area is 144 Å². The van der Waals surface area contributed by atoms with Crippen LogP contribution in [0, 0.1) is 0 Å². The van der Waals surface area contributed by atoms with E-state index in [0.29, 0.717) is 44.7 Å². The molecular formula is C17H29N3O4. The van der Waals surface area contributed by atoms with E-state index < -0.39 is 0 Å². The second-order valence-electron chi connectivity index (χ2n) is 4.79. The summed E-state index contributed by atoms with van der Waals surface area (Å²) in [7, 11) is 3.28. The van der Waals surface area contributed by atoms with E-state index >= 15 is 0 Å². The van der Waals surface area contributed by atoms with Crippen molar-refractivity contribution < 1.29 is 18.9 Å². The minimum absolute atomic E-state index is 0.548. The van der Waals surface area contributed by atoms with Gasteiger partial charge in [0.15, 0.2) is 17.5 Å². The summed E-state index contributed by atoms with van der Waals surface area (Å²) in [6, 6.07) is 5.69. The minimum Gasteiger partial charge on any atom is -0.493 e. The highest BCUT2D eigenvalue weighted by Crippen LogP contribution is 2.30. The van der Waals surface area contributed by atoms with Gasteiger partial charge in [-0.05, 0) is 26.0 Å². The van der Waals surface area contributed by atoms with Crippen molar-refractivity contribution >= 4 is 11.6 Å². The Balaban J connectivity index is 2.63. The smallest absolute Gasteiger partial charge is 0.195 e. The van der Waals surface area contributed by atoms with Gasteiger partial charge < -0.3 is 29.6 Å². The lowest BCUT2D eigenvalue weighted by Gasteiger charge is -2.14. The van der Waals surface area contributed by atoms with Crippen molar-refractivity contribution in [1.82, 2.24) is 5.32 Å². The summed E-state index contributed by atoms with van der Waals surface area (Å²) < 4.78 is 21.2. The number of methoxy groups -OCH3 is 2. The lowest BCUT2D eigenvalue weighted by molar-refractivity contribution is 0.0748. The molecule has 2 N–H and O–H groups in total. The maximum atomic E-state index is 5.52. The van der Waals surface area contributed by atoms with Gasteiger partial charge in [-0.1, -0.05) is 0 Å². The summed E-state index contributed by atoms with van der Waals surface area (Å²) in [4.78, 5) is 4.48. The van der Waals surface area contributed by atoms with Crippen molar-refractivity contribution in [1.29, 1.82) is 0 Å². The topological polar surface area (TPSA) is 73.3 Å². The minimum atomic E-state index is 0.548. The lowest BCUT2D eigenvalue weighted by atomic mass is 10.2. The van der Waals surface area contributed by atoms with Crippen LogP contribution in [0.15, 0.2) is 23.2 Å². The number of guanidine groups is 1. The van der Waals surface area contributed by atoms with Gasteiger partial charge in [0.2, 0.25) is 0 Å². The average molecular weight is 339 g/mol. The van der Waals surface area contributed by atoms with E-state index in [1.807, 2.05) is 32.0 Å². The van der Waals surface area contributed by atoms with Crippen molar-refractivity contribution in [3.05, 3.63) is 18.2 Å². The van der Waals surface area contributed by atoms with Crippen molar-refractivity contribution in [3.8, 4) is 11.5 Å². The van der Waals surface area contributed by atoms with Crippen LogP contribution >= 0.6 is 0 Å². The molecule has 0 heterocycles. The van der Waals surface area contributed by atoms with Gasteiger partial charge in [0.1, 0.15) is 0 Å². The summed E-state index contributed by atoms with van der Waals surface area (Å²) in [6.07, 6.45) is 0. The van der Waals surface area contributed by atoms with Crippen LogP contribution in [0.2, 0.25) is 0 Å². The lowest BCUT2D eigenvalue weighted by Crippen LogP contribution is -2.31. The number of nitrogens with zero attached hydrogens (tertiary/aromatic N) is 1. The van der Waals surface area contributed by atoms with E-state index in [-0.39, 0.29) is 0 Å². The van der Waals surface area contributed by atoms with Crippen molar-refractivity contribution in [2.45, 2.75) is 13.8 Å². The third kappa shape index (κ3) is 7.52. The quantitative estimate of drug-likeness (QED) is 0.366. The molecule has 7 heteroatoms. The molecule has 0 fully saturated rings. The van der Waals surface area contributed by atoms with E-state index in [1.165, 1.54) is 0 Å². The molecule has 0 aliphatic heterocycles. The molecule has 0 aliphatic rings. The van der Waals surface area contributed by atoms with Gasteiger partial charge in [-0.2, -0.15) is 0 Å². The molecule has 1 rings (SSSR count). The number of ether oxygens (including phenoxy) is 4. The standard InChI is InChI=1S/C17H29N3O4/c1-5-18-17(19-9-10-23-12-11-21-3)20-14-7-8-15(24-6-2)16(13-14)22-4/h7-8,13H,5-6,9-12H2,1-4H3,(H2,18,19,20). The SMILES string of the molecule is CCNC(=NCCOCCOC)Nc1ccc(OCC)c(OC)c1. The number of anilines is 1. The second kappa shape index (κ2) is 12.4. The molecule has 0 unspecified atom stereocenters. The Bertz CT molecular complexity index is 495. The molecule has 0 saturated carbocycles. The van der Waals surface area contributed by atoms with Crippen LogP contribution in [0.1, 0.15) is 13.8 Å². The highest BCUT2D eigenvalue weighted by molar-refractivity contribution is 5.93. The highest BCUT2D eigenvalue weighted by atomic mass is 16.5. The number of nitrogens with one attached hydrogen (secondary N) is 2. The van der Waals surface area contributed by atoms with Crippen LogP contribution in [0.5, 0.6) is 11.5 Å². The van der Waals surface area contributed by atoms with Crippen molar-refractivity contribution in [3.63, 3.8) is 0 Å². The van der Waals surface area contributed by atoms with E-state index in [0.717, 1.165) is 18.0 Å². The zero-order chi connectivity index (χ0) is 17.6. The zero-order valence-electron chi connectivity index (χ0n) is 15.1. The van der Waals surface area contributed by atoms with Crippen LogP contribution in [0.3, 0.4) is 0 Å². The van der Waals surface area contributed by atoms with Gasteiger partial charge in [-0.3, -0.25) is 4.99 Å². The Morgan fingerprint density at radius 2 is 1.92 bits per heavy atom. The van der Waals surface area contributed by atoms with Crippen molar-refractivity contribution in [2.75, 3.05) is 59.1 Å². The molecule has 1 aromatic rings. The molecule has 0 aromatic heterocycles. The van der Waals surface area contributed by atoms with Gasteiger partial charge >= 0.3 is 0 Å². The third-order valence-electron chi connectivity index (χ3n) is 3.01. The molecular weight excluding hydrogens is 310 g/mol. The predicted octanol–water partition coefficient (Wildman–Crippen LogP) is 2.13. The fraction of sp³-hybridized carbons (Fsp3) is 0.588. The zero-order valence-corrected chi connectivity index (χ0v) is 15.1. The Hall–Kier alpha value is -1.99. The van der Waals surface area contributed by atoms with Gasteiger partial charge in [-0.25, -0.2) is 0 Å². The number of aliphatic imine (C=N–C) groups is 1. The monoisotopic (exact) mass is 339 g/mol. The molecule has 0 aliphatic carbocycles. The molecule has 24 heavy (non-hydrogen) atoms. The van der Waals surface area contributed by atoms with Crippen LogP contribution in [0.25, 0.3) is 0 Å². The predicted molar refractivity (Wildman–Crippen MR) is 96.5 cm³/mol. The first kappa shape index (κ1) is 20.1. The van der Waals surface area contributed by atoms with E-state index in [2.05, 4.69) is 15.6 Å². The number of benzene rings is 1. The summed E-state index contributed by atoms with van der Waals surface area (Å²) in [5, 5.41) is 6.45. The van der Waals surface area contributed by atoms with E-state index in [1.54, 1.807) is 14.2 Å². The summed E-state index contributed by atoms with van der Waals surface area (Å²) in [6.45, 7) is 7.60. The largest absolute Gasteiger partial charge is 0.493 e. The van der Waals surface area contributed by atoms with Crippen LogP contribution in [-0.2, 0) is 9.47 Å². The molecule has 136 valence electrons. The molecule has 0 spiro atoms. The first-order valence-electron chi connectivity index (χ1n) is 8.18. The van der Waals surface area contributed by atoms with Gasteiger partial charge in [0.05, 0.1) is 40.1 Å². The number of rotatable bonds is 11. The highest BCUT2D eigenvalue weighted by Gasteiger charge is 2.06. The van der Waals surface area contributed by atoms with Crippen LogP contribution in [-0.4, -0.2) is 59.7 Å². The normalized spacial score (nSPS) is 11.2. The molecule has 0 amide bonds. The first-order chi connectivity index (χ1) is 11.7. The van der Waals surface area contributed by atoms with E-state index in [9.17, 15) is 0 Å². The molecule has 0 saturated heterocycles. The third-order valence-corrected chi connectivity index (χ3v) is 3.01. The molecule has 7 nitrogen and oxygen atoms in total. The van der Waals surface area contributed by atoms with Crippen molar-refractivity contribution in [2.24, 2.45) is 4.99 Å². The Kier molecular flexibility index (Phi) is 10.4. The molecule has 1 aromatic carbocycles. The number of hydrogen-bond donors (Lipinski definition) is 2. The summed E-state index contributed by atoms with van der Waals surface area (Å²) in [5.74, 6) is 2.10. The maximum absolute atomic E-state index is 5.52. The van der Waals surface area contributed by atoms with Gasteiger partial charge in [-0.15, -0.1) is 0 Å². The molecule has 0 radical (unpaired) electrons. The number of hydrogen-bond acceptors (Lipinski definition) is 5. The second-order valence-corrected chi connectivity index (χ2v) is 4.79. The maximum Gasteiger partial charge on any atom is 0.195 e. The Morgan fingerprint density at radius 1 is 1.08 bits per heavy atom. The average Bonchev–Trinajstić information content (AvgIpc) is 2.59. The molecule has 0 atom stereocenters. The van der Waals surface area contributed by atoms with Crippen LogP contribution < -0.4 is 20.1 Å². The van der Waals surface area contributed by atoms with Gasteiger partial charge in [0, 0.05) is 25.4 Å².